The van der Waals surface area contributed by atoms with E-state index in [1.54, 1.807) is 26.0 Å². The molecule has 1 heterocycles. The molecule has 0 radical (unpaired) electrons. The molecule has 0 saturated carbocycles. The Labute approximate surface area is 137 Å². The molecular formula is C16H23NO5S. The molecule has 1 aromatic rings. The van der Waals surface area contributed by atoms with Crippen LogP contribution in [0.2, 0.25) is 0 Å². The van der Waals surface area contributed by atoms with Crippen LogP contribution in [0.5, 0.6) is 0 Å². The summed E-state index contributed by atoms with van der Waals surface area (Å²) in [6.07, 6.45) is 1.00. The van der Waals surface area contributed by atoms with Gasteiger partial charge in [-0.1, -0.05) is 12.1 Å². The Morgan fingerprint density at radius 3 is 2.83 bits per heavy atom. The van der Waals surface area contributed by atoms with E-state index in [0.29, 0.717) is 12.2 Å². The van der Waals surface area contributed by atoms with E-state index in [0.717, 1.165) is 18.4 Å². The highest BCUT2D eigenvalue weighted by Gasteiger charge is 2.25. The van der Waals surface area contributed by atoms with Crippen molar-refractivity contribution in [2.24, 2.45) is 0 Å². The van der Waals surface area contributed by atoms with Crippen LogP contribution < -0.4 is 4.72 Å². The lowest BCUT2D eigenvalue weighted by molar-refractivity contribution is -0.131. The van der Waals surface area contributed by atoms with Gasteiger partial charge in [-0.3, -0.25) is 4.79 Å². The van der Waals surface area contributed by atoms with Crippen LogP contribution in [0.3, 0.4) is 0 Å². The van der Waals surface area contributed by atoms with Gasteiger partial charge in [0.15, 0.2) is 0 Å². The van der Waals surface area contributed by atoms with Crippen LogP contribution in [-0.2, 0) is 24.3 Å². The van der Waals surface area contributed by atoms with Crippen LogP contribution in [0, 0.1) is 13.8 Å². The van der Waals surface area contributed by atoms with Crippen molar-refractivity contribution >= 4 is 15.9 Å². The molecule has 7 heteroatoms. The number of hydrogen-bond acceptors (Lipinski definition) is 5. The second-order valence-corrected chi connectivity index (χ2v) is 7.50. The number of ether oxygens (including phenoxy) is 2. The second-order valence-electron chi connectivity index (χ2n) is 5.85. The van der Waals surface area contributed by atoms with Crippen LogP contribution in [0.1, 0.15) is 30.9 Å². The van der Waals surface area contributed by atoms with E-state index in [1.165, 1.54) is 6.92 Å². The summed E-state index contributed by atoms with van der Waals surface area (Å²) in [5, 5.41) is 0. The predicted molar refractivity (Wildman–Crippen MR) is 85.6 cm³/mol. The summed E-state index contributed by atoms with van der Waals surface area (Å²) in [4.78, 5) is 12.2. The van der Waals surface area contributed by atoms with Crippen LogP contribution in [0.4, 0.5) is 0 Å². The highest BCUT2D eigenvalue weighted by atomic mass is 32.2. The lowest BCUT2D eigenvalue weighted by Gasteiger charge is -2.16. The van der Waals surface area contributed by atoms with Gasteiger partial charge < -0.3 is 9.47 Å². The Morgan fingerprint density at radius 2 is 2.17 bits per heavy atom. The molecule has 1 aliphatic rings. The fourth-order valence-corrected chi connectivity index (χ4v) is 3.74. The zero-order valence-corrected chi connectivity index (χ0v) is 14.5. The molecule has 1 fully saturated rings. The molecule has 2 rings (SSSR count). The third-order valence-electron chi connectivity index (χ3n) is 3.79. The summed E-state index contributed by atoms with van der Waals surface area (Å²) in [6.45, 7) is 6.01. The van der Waals surface area contributed by atoms with Gasteiger partial charge in [0, 0.05) is 6.61 Å². The molecule has 1 aromatic carbocycles. The van der Waals surface area contributed by atoms with E-state index in [4.69, 9.17) is 9.47 Å². The van der Waals surface area contributed by atoms with Gasteiger partial charge in [-0.05, 0) is 50.8 Å². The van der Waals surface area contributed by atoms with Gasteiger partial charge >= 0.3 is 0 Å². The molecule has 0 bridgehead atoms. The van der Waals surface area contributed by atoms with Crippen LogP contribution >= 0.6 is 0 Å². The molecule has 1 aliphatic heterocycles. The third kappa shape index (κ3) is 4.76. The average Bonchev–Trinajstić information content (AvgIpc) is 3.00. The van der Waals surface area contributed by atoms with Crippen molar-refractivity contribution in [2.75, 3.05) is 13.2 Å². The molecular weight excluding hydrogens is 318 g/mol. The fraction of sp³-hybridized carbons (Fsp3) is 0.562. The first-order valence-corrected chi connectivity index (χ1v) is 9.15. The van der Waals surface area contributed by atoms with Gasteiger partial charge in [0.25, 0.3) is 15.9 Å². The maximum absolute atomic E-state index is 12.4. The molecule has 1 saturated heterocycles. The molecule has 1 N–H and O–H groups in total. The van der Waals surface area contributed by atoms with Crippen molar-refractivity contribution in [3.05, 3.63) is 29.3 Å². The minimum Gasteiger partial charge on any atom is -0.376 e. The summed E-state index contributed by atoms with van der Waals surface area (Å²) in [5.74, 6) is -0.677. The average molecular weight is 341 g/mol. The van der Waals surface area contributed by atoms with E-state index in [9.17, 15) is 13.2 Å². The number of aryl methyl sites for hydroxylation is 2. The van der Waals surface area contributed by atoms with E-state index in [2.05, 4.69) is 4.72 Å². The molecule has 128 valence electrons. The number of sulfonamides is 1. The number of benzene rings is 1. The third-order valence-corrected chi connectivity index (χ3v) is 5.28. The van der Waals surface area contributed by atoms with Crippen molar-refractivity contribution < 1.29 is 22.7 Å². The minimum absolute atomic E-state index is 0.0131. The summed E-state index contributed by atoms with van der Waals surface area (Å²) in [7, 11) is -3.91. The van der Waals surface area contributed by atoms with Gasteiger partial charge in [-0.15, -0.1) is 0 Å². The quantitative estimate of drug-likeness (QED) is 0.851. The lowest BCUT2D eigenvalue weighted by Crippen LogP contribution is -2.39. The van der Waals surface area contributed by atoms with E-state index in [-0.39, 0.29) is 17.6 Å². The number of nitrogens with one attached hydrogen (secondary N) is 1. The monoisotopic (exact) mass is 341 g/mol. The van der Waals surface area contributed by atoms with Gasteiger partial charge in [0.05, 0.1) is 17.6 Å². The minimum atomic E-state index is -3.91. The zero-order chi connectivity index (χ0) is 17.0. The van der Waals surface area contributed by atoms with Gasteiger partial charge in [-0.25, -0.2) is 13.1 Å². The van der Waals surface area contributed by atoms with Gasteiger partial charge in [0.1, 0.15) is 6.10 Å². The highest BCUT2D eigenvalue weighted by molar-refractivity contribution is 7.90. The standard InChI is InChI=1S/C16H23NO5S/c1-11-6-7-12(2)15(9-11)23(19,20)17-16(18)13(3)22-10-14-5-4-8-21-14/h6-7,9,13-14H,4-5,8,10H2,1-3H3,(H,17,18). The lowest BCUT2D eigenvalue weighted by atomic mass is 10.2. The second kappa shape index (κ2) is 7.42. The molecule has 1 amide bonds. The number of carbonyl (C=O) groups excluding carboxylic acids is 1. The number of amides is 1. The maximum atomic E-state index is 12.4. The molecule has 2 unspecified atom stereocenters. The smallest absolute Gasteiger partial charge is 0.264 e. The Bertz CT molecular complexity index is 665. The van der Waals surface area contributed by atoms with Crippen molar-refractivity contribution in [3.8, 4) is 0 Å². The maximum Gasteiger partial charge on any atom is 0.264 e. The SMILES string of the molecule is Cc1ccc(C)c(S(=O)(=O)NC(=O)C(C)OCC2CCCO2)c1. The molecule has 6 nitrogen and oxygen atoms in total. The topological polar surface area (TPSA) is 81.7 Å². The summed E-state index contributed by atoms with van der Waals surface area (Å²) >= 11 is 0. The van der Waals surface area contributed by atoms with E-state index >= 15 is 0 Å². The molecule has 23 heavy (non-hydrogen) atoms. The first-order chi connectivity index (χ1) is 10.8. The highest BCUT2D eigenvalue weighted by Crippen LogP contribution is 2.17. The number of rotatable bonds is 6. The Hall–Kier alpha value is -1.44. The van der Waals surface area contributed by atoms with Crippen LogP contribution in [-0.4, -0.2) is 39.7 Å². The fourth-order valence-electron chi connectivity index (χ4n) is 2.37. The van der Waals surface area contributed by atoms with E-state index < -0.39 is 22.0 Å². The molecule has 0 aliphatic carbocycles. The van der Waals surface area contributed by atoms with Crippen molar-refractivity contribution in [1.29, 1.82) is 0 Å². The molecule has 2 atom stereocenters. The normalized spacial score (nSPS) is 19.5. The number of hydrogen-bond donors (Lipinski definition) is 1. The van der Waals surface area contributed by atoms with Crippen molar-refractivity contribution in [1.82, 2.24) is 4.72 Å². The van der Waals surface area contributed by atoms with Crippen LogP contribution in [0.15, 0.2) is 23.1 Å². The van der Waals surface area contributed by atoms with Crippen LogP contribution in [0.25, 0.3) is 0 Å². The largest absolute Gasteiger partial charge is 0.376 e. The predicted octanol–water partition coefficient (Wildman–Crippen LogP) is 1.69. The molecule has 0 aromatic heterocycles. The van der Waals surface area contributed by atoms with Gasteiger partial charge in [-0.2, -0.15) is 0 Å². The summed E-state index contributed by atoms with van der Waals surface area (Å²) in [6, 6.07) is 5.08. The van der Waals surface area contributed by atoms with Crippen molar-refractivity contribution in [2.45, 2.75) is 50.7 Å². The van der Waals surface area contributed by atoms with Crippen molar-refractivity contribution in [3.63, 3.8) is 0 Å². The molecule has 0 spiro atoms. The Balaban J connectivity index is 1.98. The Kier molecular flexibility index (Phi) is 5.78. The first kappa shape index (κ1) is 17.9. The zero-order valence-electron chi connectivity index (χ0n) is 13.7. The van der Waals surface area contributed by atoms with Gasteiger partial charge in [0.2, 0.25) is 0 Å². The number of carbonyl (C=O) groups is 1. The summed E-state index contributed by atoms with van der Waals surface area (Å²) < 4.78 is 37.6. The Morgan fingerprint density at radius 1 is 1.43 bits per heavy atom. The summed E-state index contributed by atoms with van der Waals surface area (Å²) in [5.41, 5.74) is 1.40. The first-order valence-electron chi connectivity index (χ1n) is 7.67. The van der Waals surface area contributed by atoms with E-state index in [1.807, 2.05) is 6.07 Å².